The maximum atomic E-state index is 12.1. The van der Waals surface area contributed by atoms with E-state index in [-0.39, 0.29) is 34.4 Å². The average molecular weight is 399 g/mol. The summed E-state index contributed by atoms with van der Waals surface area (Å²) < 4.78 is 4.71. The summed E-state index contributed by atoms with van der Waals surface area (Å²) in [4.78, 5) is 23.5. The van der Waals surface area contributed by atoms with Crippen molar-refractivity contribution < 1.29 is 19.4 Å². The lowest BCUT2D eigenvalue weighted by atomic mass is 9.45. The van der Waals surface area contributed by atoms with Crippen molar-refractivity contribution in [3.05, 3.63) is 36.0 Å². The second-order valence-corrected chi connectivity index (χ2v) is 10.2. The lowest BCUT2D eigenvalue weighted by Gasteiger charge is -2.61. The Morgan fingerprint density at radius 2 is 1.90 bits per heavy atom. The number of fused-ring (bicyclic) bond motifs is 5. The minimum Gasteiger partial charge on any atom is -0.466 e. The Hall–Kier alpha value is -1.68. The van der Waals surface area contributed by atoms with Gasteiger partial charge in [-0.2, -0.15) is 0 Å². The van der Waals surface area contributed by atoms with Crippen LogP contribution in [0.2, 0.25) is 0 Å². The summed E-state index contributed by atoms with van der Waals surface area (Å²) in [6, 6.07) is 0. The normalized spacial score (nSPS) is 43.9. The monoisotopic (exact) mass is 398 g/mol. The molecule has 4 rings (SSSR count). The molecule has 1 N–H and O–H groups in total. The lowest BCUT2D eigenvalue weighted by molar-refractivity contribution is -0.180. The summed E-state index contributed by atoms with van der Waals surface area (Å²) in [5.41, 5.74) is 1.35. The van der Waals surface area contributed by atoms with E-state index in [4.69, 9.17) is 4.74 Å². The van der Waals surface area contributed by atoms with Crippen LogP contribution in [0.25, 0.3) is 0 Å². The van der Waals surface area contributed by atoms with Crippen molar-refractivity contribution in [1.29, 1.82) is 0 Å². The molecule has 0 aromatic rings. The largest absolute Gasteiger partial charge is 0.466 e. The molecular formula is C25H34O4. The molecule has 0 aliphatic heterocycles. The number of ketones is 1. The van der Waals surface area contributed by atoms with Crippen molar-refractivity contribution >= 4 is 11.8 Å². The number of aliphatic hydroxyl groups is 1. The first-order valence-electron chi connectivity index (χ1n) is 11.1. The summed E-state index contributed by atoms with van der Waals surface area (Å²) in [6.07, 6.45) is 12.3. The molecule has 6 atom stereocenters. The number of rotatable bonds is 3. The molecule has 4 aliphatic carbocycles. The molecule has 0 bridgehead atoms. The van der Waals surface area contributed by atoms with Crippen LogP contribution in [0.4, 0.5) is 0 Å². The molecule has 0 amide bonds. The maximum Gasteiger partial charge on any atom is 0.330 e. The summed E-state index contributed by atoms with van der Waals surface area (Å²) in [7, 11) is 1.37. The summed E-state index contributed by atoms with van der Waals surface area (Å²) in [6.45, 7) is 8.81. The number of esters is 1. The third-order valence-electron chi connectivity index (χ3n) is 9.23. The van der Waals surface area contributed by atoms with E-state index in [9.17, 15) is 14.7 Å². The van der Waals surface area contributed by atoms with Crippen LogP contribution in [0.5, 0.6) is 0 Å². The molecule has 0 radical (unpaired) electrons. The minimum absolute atomic E-state index is 0.0494. The zero-order chi connectivity index (χ0) is 21.0. The van der Waals surface area contributed by atoms with E-state index in [1.54, 1.807) is 6.08 Å². The fourth-order valence-corrected chi connectivity index (χ4v) is 7.48. The van der Waals surface area contributed by atoms with Crippen molar-refractivity contribution in [2.45, 2.75) is 70.8 Å². The minimum atomic E-state index is -0.710. The molecule has 29 heavy (non-hydrogen) atoms. The molecule has 0 aromatic carbocycles. The number of carbonyl (C=O) groups is 2. The van der Waals surface area contributed by atoms with Gasteiger partial charge in [0, 0.05) is 17.9 Å². The molecular weight excluding hydrogens is 364 g/mol. The van der Waals surface area contributed by atoms with Crippen LogP contribution in [0.15, 0.2) is 36.0 Å². The fourth-order valence-electron chi connectivity index (χ4n) is 7.48. The molecule has 4 heteroatoms. The summed E-state index contributed by atoms with van der Waals surface area (Å²) in [5, 5.41) is 12.1. The van der Waals surface area contributed by atoms with Gasteiger partial charge in [0.2, 0.25) is 0 Å². The summed E-state index contributed by atoms with van der Waals surface area (Å²) >= 11 is 0. The fraction of sp³-hybridized carbons (Fsp3) is 0.680. The van der Waals surface area contributed by atoms with E-state index < -0.39 is 5.60 Å². The van der Waals surface area contributed by atoms with Crippen molar-refractivity contribution in [3.63, 3.8) is 0 Å². The molecule has 4 aliphatic rings. The van der Waals surface area contributed by atoms with E-state index in [2.05, 4.69) is 20.4 Å². The lowest BCUT2D eigenvalue weighted by Crippen LogP contribution is -2.60. The maximum absolute atomic E-state index is 12.1. The van der Waals surface area contributed by atoms with Gasteiger partial charge in [-0.15, -0.1) is 0 Å². The number of hydrogen-bond donors (Lipinski definition) is 1. The highest BCUT2D eigenvalue weighted by Gasteiger charge is 2.66. The molecule has 3 fully saturated rings. The molecule has 158 valence electrons. The van der Waals surface area contributed by atoms with Crippen molar-refractivity contribution in [1.82, 2.24) is 0 Å². The second-order valence-electron chi connectivity index (χ2n) is 10.2. The van der Waals surface area contributed by atoms with Crippen LogP contribution in [0.1, 0.15) is 65.2 Å². The molecule has 0 heterocycles. The van der Waals surface area contributed by atoms with Gasteiger partial charge >= 0.3 is 5.97 Å². The van der Waals surface area contributed by atoms with Gasteiger partial charge in [0.1, 0.15) is 0 Å². The first-order chi connectivity index (χ1) is 13.7. The smallest absolute Gasteiger partial charge is 0.330 e. The zero-order valence-electron chi connectivity index (χ0n) is 18.0. The van der Waals surface area contributed by atoms with Gasteiger partial charge in [-0.25, -0.2) is 4.79 Å². The first-order valence-corrected chi connectivity index (χ1v) is 11.1. The second kappa shape index (κ2) is 6.94. The third-order valence-corrected chi connectivity index (χ3v) is 9.23. The van der Waals surface area contributed by atoms with Crippen LogP contribution in [0, 0.1) is 28.6 Å². The van der Waals surface area contributed by atoms with Crippen LogP contribution in [-0.4, -0.2) is 29.6 Å². The Morgan fingerprint density at radius 1 is 1.14 bits per heavy atom. The van der Waals surface area contributed by atoms with Gasteiger partial charge in [0.25, 0.3) is 0 Å². The van der Waals surface area contributed by atoms with Gasteiger partial charge < -0.3 is 9.84 Å². The Labute approximate surface area is 174 Å². The molecule has 3 saturated carbocycles. The van der Waals surface area contributed by atoms with E-state index in [0.717, 1.165) is 50.5 Å². The number of allylic oxidation sites excluding steroid dienone is 3. The first kappa shape index (κ1) is 20.6. The number of ether oxygens (including phenoxy) is 1. The Kier molecular flexibility index (Phi) is 4.92. The number of methoxy groups -OCH3 is 1. The highest BCUT2D eigenvalue weighted by atomic mass is 16.5. The number of carbonyl (C=O) groups excluding carboxylic acids is 2. The van der Waals surface area contributed by atoms with Crippen LogP contribution in [-0.2, 0) is 14.3 Å². The predicted molar refractivity (Wildman–Crippen MR) is 112 cm³/mol. The quantitative estimate of drug-likeness (QED) is 0.431. The molecule has 0 saturated heterocycles. The average Bonchev–Trinajstić information content (AvgIpc) is 2.98. The molecule has 0 spiro atoms. The van der Waals surface area contributed by atoms with Crippen molar-refractivity contribution in [3.8, 4) is 0 Å². The van der Waals surface area contributed by atoms with Crippen molar-refractivity contribution in [2.24, 2.45) is 28.6 Å². The Bertz CT molecular complexity index is 808. The van der Waals surface area contributed by atoms with Crippen LogP contribution >= 0.6 is 0 Å². The van der Waals surface area contributed by atoms with Gasteiger partial charge in [-0.05, 0) is 74.2 Å². The zero-order valence-corrected chi connectivity index (χ0v) is 18.0. The van der Waals surface area contributed by atoms with Gasteiger partial charge in [-0.1, -0.05) is 37.6 Å². The van der Waals surface area contributed by atoms with E-state index in [0.29, 0.717) is 12.3 Å². The van der Waals surface area contributed by atoms with Gasteiger partial charge in [0.05, 0.1) is 12.7 Å². The van der Waals surface area contributed by atoms with Crippen molar-refractivity contribution in [2.75, 3.05) is 7.11 Å². The van der Waals surface area contributed by atoms with Crippen LogP contribution in [0.3, 0.4) is 0 Å². The number of hydrogen-bond acceptors (Lipinski definition) is 4. The third kappa shape index (κ3) is 2.90. The SMILES string of the molecule is C=C(C=CC(=O)OC)C1CCC2(O)C3CCC4=CC(=O)CCC4(C)C3CCC12C. The van der Waals surface area contributed by atoms with Gasteiger partial charge in [-0.3, -0.25) is 4.79 Å². The van der Waals surface area contributed by atoms with Gasteiger partial charge in [0.15, 0.2) is 5.78 Å². The Morgan fingerprint density at radius 3 is 2.62 bits per heavy atom. The summed E-state index contributed by atoms with van der Waals surface area (Å²) in [5.74, 6) is 0.766. The Balaban J connectivity index is 1.62. The topological polar surface area (TPSA) is 63.6 Å². The molecule has 4 nitrogen and oxygen atoms in total. The standard InChI is InChI=1S/C25H34O4/c1-16(5-8-22(27)29-4)19-11-14-25(28)21-7-6-17-15-18(26)9-12-23(17,2)20(21)10-13-24(19,25)3/h5,8,15,19-21,28H,1,6-7,9-14H2,2-4H3. The van der Waals surface area contributed by atoms with E-state index >= 15 is 0 Å². The van der Waals surface area contributed by atoms with Crippen LogP contribution < -0.4 is 0 Å². The predicted octanol–water partition coefficient (Wildman–Crippen LogP) is 4.53. The molecule has 0 aromatic heterocycles. The van der Waals surface area contributed by atoms with E-state index in [1.165, 1.54) is 18.8 Å². The highest BCUT2D eigenvalue weighted by Crippen LogP contribution is 2.69. The highest BCUT2D eigenvalue weighted by molar-refractivity contribution is 5.91. The van der Waals surface area contributed by atoms with E-state index in [1.807, 2.05) is 6.08 Å². The molecule has 6 unspecified atom stereocenters.